The maximum atomic E-state index is 11.9. The number of piperidine rings is 1. The summed E-state index contributed by atoms with van der Waals surface area (Å²) in [5, 5.41) is 3.10. The number of nitrogens with zero attached hydrogens (tertiary/aromatic N) is 1. The van der Waals surface area contributed by atoms with Gasteiger partial charge >= 0.3 is 6.03 Å². The molecular formula is C12H22N2O. The van der Waals surface area contributed by atoms with Crippen LogP contribution in [0.2, 0.25) is 0 Å². The Kier molecular flexibility index (Phi) is 2.89. The van der Waals surface area contributed by atoms with Crippen LogP contribution in [0.4, 0.5) is 4.79 Å². The molecule has 2 rings (SSSR count). The van der Waals surface area contributed by atoms with Crippen molar-refractivity contribution in [3.8, 4) is 0 Å². The van der Waals surface area contributed by atoms with E-state index in [1.54, 1.807) is 0 Å². The van der Waals surface area contributed by atoms with E-state index in [-0.39, 0.29) is 6.03 Å². The van der Waals surface area contributed by atoms with Crippen LogP contribution in [-0.2, 0) is 0 Å². The molecule has 1 saturated carbocycles. The van der Waals surface area contributed by atoms with Gasteiger partial charge in [-0.25, -0.2) is 4.79 Å². The maximum absolute atomic E-state index is 11.9. The van der Waals surface area contributed by atoms with Gasteiger partial charge in [0.1, 0.15) is 0 Å². The van der Waals surface area contributed by atoms with Crippen molar-refractivity contribution >= 4 is 6.03 Å². The molecule has 0 aromatic carbocycles. The molecule has 1 N–H and O–H groups in total. The smallest absolute Gasteiger partial charge is 0.317 e. The summed E-state index contributed by atoms with van der Waals surface area (Å²) < 4.78 is 0. The highest BCUT2D eigenvalue weighted by Crippen LogP contribution is 2.44. The molecule has 0 spiro atoms. The fraction of sp³-hybridized carbons (Fsp3) is 0.917. The zero-order valence-corrected chi connectivity index (χ0v) is 9.99. The van der Waals surface area contributed by atoms with Crippen molar-refractivity contribution in [2.75, 3.05) is 13.1 Å². The van der Waals surface area contributed by atoms with Crippen LogP contribution in [0.1, 0.15) is 33.6 Å². The van der Waals surface area contributed by atoms with E-state index in [4.69, 9.17) is 0 Å². The molecule has 0 bridgehead atoms. The van der Waals surface area contributed by atoms with Crippen molar-refractivity contribution < 1.29 is 4.79 Å². The minimum atomic E-state index is 0.148. The van der Waals surface area contributed by atoms with Crippen molar-refractivity contribution in [2.24, 2.45) is 17.8 Å². The second kappa shape index (κ2) is 4.03. The molecule has 2 fully saturated rings. The van der Waals surface area contributed by atoms with Crippen molar-refractivity contribution in [1.82, 2.24) is 10.2 Å². The van der Waals surface area contributed by atoms with Gasteiger partial charge < -0.3 is 10.2 Å². The number of hydrogen-bond donors (Lipinski definition) is 1. The van der Waals surface area contributed by atoms with Crippen molar-refractivity contribution in [3.63, 3.8) is 0 Å². The Labute approximate surface area is 92.2 Å². The van der Waals surface area contributed by atoms with Gasteiger partial charge in [-0.1, -0.05) is 20.3 Å². The minimum Gasteiger partial charge on any atom is -0.335 e. The molecule has 0 radical (unpaired) electrons. The number of urea groups is 1. The van der Waals surface area contributed by atoms with Gasteiger partial charge in [-0.2, -0.15) is 0 Å². The SMILES string of the molecule is CCC(C)[C@@H](C)NC(=O)N1CC2CC2C1. The van der Waals surface area contributed by atoms with Gasteiger partial charge in [-0.3, -0.25) is 0 Å². The van der Waals surface area contributed by atoms with E-state index >= 15 is 0 Å². The number of hydrogen-bond acceptors (Lipinski definition) is 1. The lowest BCUT2D eigenvalue weighted by Gasteiger charge is -2.25. The molecule has 0 aromatic heterocycles. The van der Waals surface area contributed by atoms with Crippen LogP contribution in [0.25, 0.3) is 0 Å². The molecule has 3 unspecified atom stereocenters. The molecule has 4 atom stereocenters. The molecule has 0 aromatic rings. The Morgan fingerprint density at radius 1 is 1.40 bits per heavy atom. The summed E-state index contributed by atoms with van der Waals surface area (Å²) in [6, 6.07) is 0.439. The summed E-state index contributed by atoms with van der Waals surface area (Å²) in [4.78, 5) is 13.8. The van der Waals surface area contributed by atoms with Gasteiger partial charge in [0.05, 0.1) is 0 Å². The fourth-order valence-corrected chi connectivity index (χ4v) is 2.35. The molecule has 2 amide bonds. The highest BCUT2D eigenvalue weighted by Gasteiger charge is 2.46. The zero-order chi connectivity index (χ0) is 11.0. The summed E-state index contributed by atoms with van der Waals surface area (Å²) in [5.41, 5.74) is 0. The average molecular weight is 210 g/mol. The highest BCUT2D eigenvalue weighted by atomic mass is 16.2. The Balaban J connectivity index is 1.76. The van der Waals surface area contributed by atoms with Crippen LogP contribution in [0.3, 0.4) is 0 Å². The lowest BCUT2D eigenvalue weighted by Crippen LogP contribution is -2.45. The Bertz CT molecular complexity index is 244. The second-order valence-electron chi connectivity index (χ2n) is 5.28. The molecule has 3 nitrogen and oxygen atoms in total. The van der Waals surface area contributed by atoms with Gasteiger partial charge in [0.25, 0.3) is 0 Å². The minimum absolute atomic E-state index is 0.148. The lowest BCUT2D eigenvalue weighted by molar-refractivity contribution is 0.196. The van der Waals surface area contributed by atoms with Crippen molar-refractivity contribution in [3.05, 3.63) is 0 Å². The lowest BCUT2D eigenvalue weighted by atomic mass is 10.0. The van der Waals surface area contributed by atoms with Crippen LogP contribution in [0, 0.1) is 17.8 Å². The Hall–Kier alpha value is -0.730. The quantitative estimate of drug-likeness (QED) is 0.760. The predicted molar refractivity (Wildman–Crippen MR) is 60.6 cm³/mol. The van der Waals surface area contributed by atoms with Crippen LogP contribution in [0.5, 0.6) is 0 Å². The largest absolute Gasteiger partial charge is 0.335 e. The molecule has 3 heteroatoms. The third-order valence-corrected chi connectivity index (χ3v) is 4.11. The third-order valence-electron chi connectivity index (χ3n) is 4.11. The first kappa shape index (κ1) is 10.8. The van der Waals surface area contributed by atoms with E-state index in [1.165, 1.54) is 6.42 Å². The molecule has 1 aliphatic carbocycles. The van der Waals surface area contributed by atoms with Crippen molar-refractivity contribution in [2.45, 2.75) is 39.7 Å². The van der Waals surface area contributed by atoms with Crippen LogP contribution in [-0.4, -0.2) is 30.1 Å². The van der Waals surface area contributed by atoms with E-state index in [0.29, 0.717) is 12.0 Å². The molecule has 1 heterocycles. The molecule has 1 aliphatic heterocycles. The Morgan fingerprint density at radius 2 is 2.00 bits per heavy atom. The highest BCUT2D eigenvalue weighted by molar-refractivity contribution is 5.75. The normalized spacial score (nSPS) is 32.1. The van der Waals surface area contributed by atoms with E-state index in [1.807, 2.05) is 4.90 Å². The van der Waals surface area contributed by atoms with Gasteiger partial charge in [-0.15, -0.1) is 0 Å². The number of likely N-dealkylation sites (tertiary alicyclic amines) is 1. The standard InChI is InChI=1S/C12H22N2O/c1-4-8(2)9(3)13-12(15)14-6-10-5-11(10)7-14/h8-11H,4-7H2,1-3H3,(H,13,15)/t8?,9-,10?,11?/m1/s1. The second-order valence-corrected chi connectivity index (χ2v) is 5.28. The van der Waals surface area contributed by atoms with Crippen LogP contribution >= 0.6 is 0 Å². The number of carbonyl (C=O) groups excluding carboxylic acids is 1. The van der Waals surface area contributed by atoms with Gasteiger partial charge in [0.15, 0.2) is 0 Å². The number of carbonyl (C=O) groups is 1. The molecule has 15 heavy (non-hydrogen) atoms. The number of nitrogens with one attached hydrogen (secondary N) is 1. The first-order chi connectivity index (χ1) is 7.11. The average Bonchev–Trinajstić information content (AvgIpc) is 2.84. The van der Waals surface area contributed by atoms with Crippen molar-refractivity contribution in [1.29, 1.82) is 0 Å². The molecule has 2 aliphatic rings. The predicted octanol–water partition coefficient (Wildman–Crippen LogP) is 2.08. The van der Waals surface area contributed by atoms with Crippen LogP contribution < -0.4 is 5.32 Å². The van der Waals surface area contributed by atoms with E-state index < -0.39 is 0 Å². The number of fused-ring (bicyclic) bond motifs is 1. The summed E-state index contributed by atoms with van der Waals surface area (Å²) in [7, 11) is 0. The number of amides is 2. The summed E-state index contributed by atoms with van der Waals surface area (Å²) >= 11 is 0. The van der Waals surface area contributed by atoms with E-state index in [2.05, 4.69) is 26.1 Å². The first-order valence-electron chi connectivity index (χ1n) is 6.17. The Morgan fingerprint density at radius 3 is 2.53 bits per heavy atom. The summed E-state index contributed by atoms with van der Waals surface area (Å²) in [5.74, 6) is 2.22. The maximum Gasteiger partial charge on any atom is 0.317 e. The number of rotatable bonds is 3. The summed E-state index contributed by atoms with van der Waals surface area (Å²) in [6.45, 7) is 8.43. The topological polar surface area (TPSA) is 32.3 Å². The molecule has 86 valence electrons. The fourth-order valence-electron chi connectivity index (χ4n) is 2.35. The van der Waals surface area contributed by atoms with Crippen LogP contribution in [0.15, 0.2) is 0 Å². The van der Waals surface area contributed by atoms with Gasteiger partial charge in [0, 0.05) is 19.1 Å². The molecule has 1 saturated heterocycles. The monoisotopic (exact) mass is 210 g/mol. The third kappa shape index (κ3) is 2.27. The summed E-state index contributed by atoms with van der Waals surface area (Å²) in [6.07, 6.45) is 2.47. The van der Waals surface area contributed by atoms with Gasteiger partial charge in [0.2, 0.25) is 0 Å². The van der Waals surface area contributed by atoms with Gasteiger partial charge in [-0.05, 0) is 31.1 Å². The first-order valence-corrected chi connectivity index (χ1v) is 6.17. The molecular weight excluding hydrogens is 188 g/mol. The zero-order valence-electron chi connectivity index (χ0n) is 9.99. The van der Waals surface area contributed by atoms with E-state index in [9.17, 15) is 4.79 Å². The van der Waals surface area contributed by atoms with E-state index in [0.717, 1.165) is 31.3 Å².